The summed E-state index contributed by atoms with van der Waals surface area (Å²) in [6.45, 7) is -0.234. The van der Waals surface area contributed by atoms with Crippen molar-refractivity contribution < 1.29 is 26.0 Å². The zero-order chi connectivity index (χ0) is 26.9. The Kier molecular flexibility index (Phi) is 7.66. The van der Waals surface area contributed by atoms with Crippen molar-refractivity contribution >= 4 is 54.3 Å². The molecule has 0 amide bonds. The highest BCUT2D eigenvalue weighted by Gasteiger charge is 2.37. The molecule has 0 saturated heterocycles. The first-order valence-electron chi connectivity index (χ1n) is 11.0. The van der Waals surface area contributed by atoms with Gasteiger partial charge in [0.15, 0.2) is 15.1 Å². The van der Waals surface area contributed by atoms with Gasteiger partial charge in [0, 0.05) is 0 Å². The number of aromatic nitrogens is 3. The van der Waals surface area contributed by atoms with E-state index in [0.717, 1.165) is 11.3 Å². The van der Waals surface area contributed by atoms with E-state index in [0.29, 0.717) is 26.9 Å². The molecule has 0 fully saturated rings. The molecule has 5 rings (SSSR count). The van der Waals surface area contributed by atoms with Crippen LogP contribution in [0.1, 0.15) is 27.6 Å². The van der Waals surface area contributed by atoms with Gasteiger partial charge in [-0.15, -0.1) is 21.5 Å². The van der Waals surface area contributed by atoms with E-state index in [1.165, 1.54) is 12.1 Å². The van der Waals surface area contributed by atoms with Gasteiger partial charge in [-0.25, -0.2) is 26.7 Å². The third-order valence-electron chi connectivity index (χ3n) is 5.51. The Balaban J connectivity index is 1.56. The third-order valence-corrected chi connectivity index (χ3v) is 9.31. The highest BCUT2D eigenvalue weighted by molar-refractivity contribution is 7.91. The summed E-state index contributed by atoms with van der Waals surface area (Å²) in [5.74, 6) is -1.12. The molecule has 9 nitrogen and oxygen atoms in total. The number of nitrogens with one attached hydrogen (secondary N) is 1. The molecule has 5 aromatic rings. The van der Waals surface area contributed by atoms with Gasteiger partial charge in [0.25, 0.3) is 0 Å². The highest BCUT2D eigenvalue weighted by atomic mass is 35.5. The Bertz CT molecular complexity index is 1740. The van der Waals surface area contributed by atoms with Crippen molar-refractivity contribution in [3.63, 3.8) is 0 Å². The minimum atomic E-state index is -3.96. The van der Waals surface area contributed by atoms with E-state index in [1.54, 1.807) is 54.6 Å². The monoisotopic (exact) mass is 592 g/mol. The molecule has 2 aromatic heterocycles. The number of benzene rings is 3. The Morgan fingerprint density at radius 1 is 1.08 bits per heavy atom. The summed E-state index contributed by atoms with van der Waals surface area (Å²) in [7, 11) is -3.96. The molecule has 2 N–H and O–H groups in total. The number of fused-ring (bicyclic) bond motifs is 1. The van der Waals surface area contributed by atoms with Gasteiger partial charge >= 0.3 is 0 Å². The minimum absolute atomic E-state index is 0.0146. The number of hydrogen-bond donors (Lipinski definition) is 2. The summed E-state index contributed by atoms with van der Waals surface area (Å²) >= 11 is 4.63. The summed E-state index contributed by atoms with van der Waals surface area (Å²) in [5.41, 5.74) is 2.42. The van der Waals surface area contributed by atoms with Crippen molar-refractivity contribution in [3.05, 3.63) is 99.9 Å². The van der Waals surface area contributed by atoms with Crippen LogP contribution in [0.25, 0.3) is 21.3 Å². The molecule has 196 valence electrons. The van der Waals surface area contributed by atoms with Crippen molar-refractivity contribution in [2.75, 3.05) is 0 Å². The molecule has 0 aliphatic carbocycles. The van der Waals surface area contributed by atoms with Gasteiger partial charge in [-0.3, -0.25) is 4.55 Å². The number of sulfone groups is 1. The predicted octanol–water partition coefficient (Wildman–Crippen LogP) is 5.07. The molecule has 0 radical (unpaired) electrons. The van der Waals surface area contributed by atoms with Crippen molar-refractivity contribution in [2.45, 2.75) is 17.5 Å². The standard InChI is InChI=1S/C24H18ClFN4O5S3/c25-17-8-6-15(10-18(17)26)16-7-9-19-20(11-16)36-24(28-19)22(23-30-29-21(35-23)12-27-37(31)32)38(33,34)13-14-4-2-1-3-5-14/h1-11,22,27H,12-13H2,(H,31,32). The number of rotatable bonds is 9. The van der Waals surface area contributed by atoms with E-state index in [2.05, 4.69) is 19.9 Å². The zero-order valence-corrected chi connectivity index (χ0v) is 22.5. The normalized spacial score (nSPS) is 13.6. The Hall–Kier alpha value is -3.07. The summed E-state index contributed by atoms with van der Waals surface area (Å²) < 4.78 is 69.8. The Labute approximate surface area is 228 Å². The lowest BCUT2D eigenvalue weighted by molar-refractivity contribution is 0.442. The van der Waals surface area contributed by atoms with Crippen LogP contribution in [0.4, 0.5) is 4.39 Å². The maximum atomic E-state index is 14.0. The van der Waals surface area contributed by atoms with Gasteiger partial charge in [0.1, 0.15) is 10.8 Å². The maximum absolute atomic E-state index is 14.0. The number of hydrogen-bond acceptors (Lipinski definition) is 8. The number of thiazole rings is 1. The topological polar surface area (TPSA) is 135 Å². The lowest BCUT2D eigenvalue weighted by Crippen LogP contribution is -2.17. The molecule has 0 spiro atoms. The molecular weight excluding hydrogens is 575 g/mol. The second-order valence-electron chi connectivity index (χ2n) is 8.14. The fourth-order valence-electron chi connectivity index (χ4n) is 3.78. The number of nitrogens with zero attached hydrogens (tertiary/aromatic N) is 3. The maximum Gasteiger partial charge on any atom is 0.241 e. The van der Waals surface area contributed by atoms with Gasteiger partial charge in [-0.05, 0) is 41.0 Å². The van der Waals surface area contributed by atoms with Gasteiger partial charge in [0.05, 0.1) is 27.5 Å². The van der Waals surface area contributed by atoms with Crippen molar-refractivity contribution in [1.82, 2.24) is 19.9 Å². The van der Waals surface area contributed by atoms with Gasteiger partial charge in [-0.2, -0.15) is 0 Å². The fraction of sp³-hybridized carbons (Fsp3) is 0.125. The minimum Gasteiger partial charge on any atom is -0.422 e. The molecule has 0 aliphatic rings. The van der Waals surface area contributed by atoms with Crippen molar-refractivity contribution in [1.29, 1.82) is 0 Å². The second-order valence-corrected chi connectivity index (χ2v) is 12.5. The first-order chi connectivity index (χ1) is 18.2. The van der Waals surface area contributed by atoms with E-state index in [-0.39, 0.29) is 34.1 Å². The highest BCUT2D eigenvalue weighted by Crippen LogP contribution is 2.38. The van der Waals surface area contributed by atoms with Crippen LogP contribution >= 0.6 is 22.9 Å². The van der Waals surface area contributed by atoms with Crippen molar-refractivity contribution in [3.8, 4) is 11.1 Å². The van der Waals surface area contributed by atoms with Crippen LogP contribution in [-0.2, 0) is 33.4 Å². The summed E-state index contributed by atoms with van der Waals surface area (Å²) in [5, 5.41) is 6.60. The summed E-state index contributed by atoms with van der Waals surface area (Å²) in [4.78, 5) is 4.56. The molecular formula is C24H18ClFN4O5S3. The molecule has 14 heteroatoms. The average molecular weight is 593 g/mol. The van der Waals surface area contributed by atoms with Crippen LogP contribution in [0, 0.1) is 5.82 Å². The first-order valence-corrected chi connectivity index (χ1v) is 15.0. The van der Waals surface area contributed by atoms with Crippen LogP contribution in [0.3, 0.4) is 0 Å². The molecule has 2 unspecified atom stereocenters. The summed E-state index contributed by atoms with van der Waals surface area (Å²) in [6, 6.07) is 18.4. The first kappa shape index (κ1) is 26.5. The van der Waals surface area contributed by atoms with Crippen molar-refractivity contribution in [2.24, 2.45) is 0 Å². The lowest BCUT2D eigenvalue weighted by atomic mass is 10.1. The van der Waals surface area contributed by atoms with Gasteiger partial charge < -0.3 is 4.42 Å². The Morgan fingerprint density at radius 3 is 2.55 bits per heavy atom. The molecule has 2 atom stereocenters. The SMILES string of the molecule is O=S(O)NCc1nnc(C(c2nc3ccc(-c4ccc(Cl)c(F)c4)cc3s2)S(=O)(=O)Cc2ccccc2)o1. The van der Waals surface area contributed by atoms with Crippen LogP contribution in [0.2, 0.25) is 5.02 Å². The molecule has 3 aromatic carbocycles. The van der Waals surface area contributed by atoms with E-state index < -0.39 is 32.2 Å². The molecule has 0 aliphatic heterocycles. The average Bonchev–Trinajstić information content (AvgIpc) is 3.51. The van der Waals surface area contributed by atoms with E-state index >= 15 is 0 Å². The zero-order valence-electron chi connectivity index (χ0n) is 19.2. The number of halogens is 2. The van der Waals surface area contributed by atoms with Crippen LogP contribution < -0.4 is 4.72 Å². The molecule has 0 bridgehead atoms. The molecule has 0 saturated carbocycles. The predicted molar refractivity (Wildman–Crippen MR) is 143 cm³/mol. The van der Waals surface area contributed by atoms with Gasteiger partial charge in [0.2, 0.25) is 23.0 Å². The largest absolute Gasteiger partial charge is 0.422 e. The molecule has 2 heterocycles. The smallest absolute Gasteiger partial charge is 0.241 e. The van der Waals surface area contributed by atoms with E-state index in [9.17, 15) is 17.0 Å². The van der Waals surface area contributed by atoms with Crippen LogP contribution in [0.15, 0.2) is 71.1 Å². The van der Waals surface area contributed by atoms with Gasteiger partial charge in [-0.1, -0.05) is 54.1 Å². The quantitative estimate of drug-likeness (QED) is 0.227. The Morgan fingerprint density at radius 2 is 1.82 bits per heavy atom. The van der Waals surface area contributed by atoms with Crippen LogP contribution in [-0.4, -0.2) is 32.4 Å². The summed E-state index contributed by atoms with van der Waals surface area (Å²) in [6.07, 6.45) is 0. The lowest BCUT2D eigenvalue weighted by Gasteiger charge is -2.12. The second kappa shape index (κ2) is 11.0. The van der Waals surface area contributed by atoms with E-state index in [1.807, 2.05) is 0 Å². The third kappa shape index (κ3) is 5.82. The fourth-order valence-corrected chi connectivity index (χ4v) is 7.30. The molecule has 38 heavy (non-hydrogen) atoms. The van der Waals surface area contributed by atoms with E-state index in [4.69, 9.17) is 20.6 Å². The van der Waals surface area contributed by atoms with Crippen LogP contribution in [0.5, 0.6) is 0 Å².